The van der Waals surface area contributed by atoms with Crippen molar-refractivity contribution in [2.24, 2.45) is 0 Å². The molecule has 1 saturated heterocycles. The van der Waals surface area contributed by atoms with Gasteiger partial charge in [0.25, 0.3) is 5.91 Å². The fraction of sp³-hybridized carbons (Fsp3) is 0.161. The molecular weight excluding hydrogens is 511 g/mol. The van der Waals surface area contributed by atoms with Crippen molar-refractivity contribution < 1.29 is 23.5 Å². The Labute approximate surface area is 230 Å². The van der Waals surface area contributed by atoms with E-state index in [1.165, 1.54) is 23.2 Å². The maximum Gasteiger partial charge on any atom is 0.411 e. The van der Waals surface area contributed by atoms with Crippen molar-refractivity contribution in [3.05, 3.63) is 131 Å². The number of halogens is 1. The van der Waals surface area contributed by atoms with Crippen LogP contribution in [0.2, 0.25) is 0 Å². The molecule has 0 saturated carbocycles. The van der Waals surface area contributed by atoms with E-state index in [2.05, 4.69) is 15.6 Å². The van der Waals surface area contributed by atoms with E-state index >= 15 is 0 Å². The van der Waals surface area contributed by atoms with Crippen LogP contribution in [0.4, 0.5) is 14.9 Å². The van der Waals surface area contributed by atoms with Gasteiger partial charge in [-0.25, -0.2) is 9.18 Å². The number of hydrogen-bond acceptors (Lipinski definition) is 5. The zero-order chi connectivity index (χ0) is 28.1. The van der Waals surface area contributed by atoms with Crippen molar-refractivity contribution in [1.29, 1.82) is 0 Å². The monoisotopic (exact) mass is 538 g/mol. The predicted octanol–water partition coefficient (Wildman–Crippen LogP) is 5.16. The first kappa shape index (κ1) is 26.6. The summed E-state index contributed by atoms with van der Waals surface area (Å²) in [6.45, 7) is 2.30. The lowest BCUT2D eigenvalue weighted by Gasteiger charge is -2.24. The average molecular weight is 539 g/mol. The first-order valence-corrected chi connectivity index (χ1v) is 12.7. The van der Waals surface area contributed by atoms with Crippen LogP contribution in [0.1, 0.15) is 38.7 Å². The van der Waals surface area contributed by atoms with Crippen LogP contribution in [-0.4, -0.2) is 33.8 Å². The summed E-state index contributed by atoms with van der Waals surface area (Å²) in [6, 6.07) is 22.7. The van der Waals surface area contributed by atoms with Crippen LogP contribution in [0, 0.1) is 12.7 Å². The number of hydrogen-bond donors (Lipinski definition) is 2. The molecule has 0 aliphatic carbocycles. The van der Waals surface area contributed by atoms with Gasteiger partial charge in [0, 0.05) is 24.6 Å². The highest BCUT2D eigenvalue weighted by atomic mass is 19.1. The Morgan fingerprint density at radius 3 is 2.45 bits per heavy atom. The molecule has 8 nitrogen and oxygen atoms in total. The number of cyclic esters (lactones) is 1. The largest absolute Gasteiger partial charge is 0.438 e. The molecule has 5 rings (SSSR count). The maximum absolute atomic E-state index is 13.5. The van der Waals surface area contributed by atoms with E-state index in [0.29, 0.717) is 16.8 Å². The van der Waals surface area contributed by atoms with Crippen LogP contribution in [0.3, 0.4) is 0 Å². The van der Waals surface area contributed by atoms with Crippen LogP contribution in [0.25, 0.3) is 0 Å². The fourth-order valence-electron chi connectivity index (χ4n) is 4.57. The number of pyridine rings is 1. The Morgan fingerprint density at radius 1 is 0.975 bits per heavy atom. The van der Waals surface area contributed by atoms with Crippen LogP contribution < -0.4 is 10.6 Å². The lowest BCUT2D eigenvalue weighted by molar-refractivity contribution is -0.126. The normalized spacial score (nSPS) is 16.4. The van der Waals surface area contributed by atoms with E-state index in [1.807, 2.05) is 31.2 Å². The summed E-state index contributed by atoms with van der Waals surface area (Å²) in [4.78, 5) is 44.5. The summed E-state index contributed by atoms with van der Waals surface area (Å²) in [5.41, 5.74) is 4.17. The van der Waals surface area contributed by atoms with Gasteiger partial charge in [0.2, 0.25) is 5.91 Å². The number of carbonyl (C=O) groups is 3. The Hall–Kier alpha value is -5.05. The smallest absolute Gasteiger partial charge is 0.411 e. The SMILES string of the molecule is Cc1cccc(CN2C(=O)OC(c3ccc(NC(=O)c4cccnc4)cc3)C2C(=O)NCc2ccc(F)cc2)c1. The first-order valence-electron chi connectivity index (χ1n) is 12.7. The molecule has 2 atom stereocenters. The fourth-order valence-corrected chi connectivity index (χ4v) is 4.57. The summed E-state index contributed by atoms with van der Waals surface area (Å²) >= 11 is 0. The molecule has 2 N–H and O–H groups in total. The van der Waals surface area contributed by atoms with Gasteiger partial charge in [0.1, 0.15) is 5.82 Å². The van der Waals surface area contributed by atoms with E-state index < -0.39 is 24.1 Å². The van der Waals surface area contributed by atoms with Crippen molar-refractivity contribution >= 4 is 23.6 Å². The molecule has 9 heteroatoms. The predicted molar refractivity (Wildman–Crippen MR) is 147 cm³/mol. The molecule has 2 heterocycles. The summed E-state index contributed by atoms with van der Waals surface area (Å²) in [5.74, 6) is -1.08. The lowest BCUT2D eigenvalue weighted by atomic mass is 10.00. The lowest BCUT2D eigenvalue weighted by Crippen LogP contribution is -2.46. The second-order valence-electron chi connectivity index (χ2n) is 9.53. The van der Waals surface area contributed by atoms with E-state index in [9.17, 15) is 18.8 Å². The molecule has 0 bridgehead atoms. The molecule has 0 radical (unpaired) electrons. The molecular formula is C31H27FN4O4. The molecule has 2 unspecified atom stereocenters. The van der Waals surface area contributed by atoms with E-state index in [0.717, 1.165) is 16.7 Å². The third kappa shape index (κ3) is 6.15. The zero-order valence-electron chi connectivity index (χ0n) is 21.7. The molecule has 0 spiro atoms. The Kier molecular flexibility index (Phi) is 7.82. The summed E-state index contributed by atoms with van der Waals surface area (Å²) < 4.78 is 19.0. The minimum Gasteiger partial charge on any atom is -0.438 e. The minimum absolute atomic E-state index is 0.161. The van der Waals surface area contributed by atoms with Crippen molar-refractivity contribution in [2.75, 3.05) is 5.32 Å². The highest BCUT2D eigenvalue weighted by Crippen LogP contribution is 2.34. The molecule has 1 fully saturated rings. The van der Waals surface area contributed by atoms with Crippen molar-refractivity contribution in [3.63, 3.8) is 0 Å². The second-order valence-corrected chi connectivity index (χ2v) is 9.53. The molecule has 1 aliphatic heterocycles. The molecule has 3 aromatic carbocycles. The Morgan fingerprint density at radius 2 is 1.75 bits per heavy atom. The number of aryl methyl sites for hydroxylation is 1. The second kappa shape index (κ2) is 11.8. The van der Waals surface area contributed by atoms with Crippen molar-refractivity contribution in [2.45, 2.75) is 32.2 Å². The highest BCUT2D eigenvalue weighted by Gasteiger charge is 2.46. The Bertz CT molecular complexity index is 1510. The van der Waals surface area contributed by atoms with Gasteiger partial charge in [-0.2, -0.15) is 0 Å². The van der Waals surface area contributed by atoms with E-state index in [-0.39, 0.29) is 24.8 Å². The number of nitrogens with zero attached hydrogens (tertiary/aromatic N) is 2. The maximum atomic E-state index is 13.5. The van der Waals surface area contributed by atoms with Gasteiger partial charge in [-0.15, -0.1) is 0 Å². The van der Waals surface area contributed by atoms with Crippen LogP contribution in [-0.2, 0) is 22.6 Å². The zero-order valence-corrected chi connectivity index (χ0v) is 21.7. The number of amides is 3. The van der Waals surface area contributed by atoms with Gasteiger partial charge in [-0.3, -0.25) is 19.5 Å². The molecule has 3 amide bonds. The number of benzene rings is 3. The summed E-state index contributed by atoms with van der Waals surface area (Å²) in [6.07, 6.45) is 1.57. The Balaban J connectivity index is 1.37. The number of anilines is 1. The van der Waals surface area contributed by atoms with Gasteiger partial charge in [0.05, 0.1) is 12.1 Å². The van der Waals surface area contributed by atoms with Gasteiger partial charge < -0.3 is 15.4 Å². The quantitative estimate of drug-likeness (QED) is 0.323. The number of rotatable bonds is 8. The minimum atomic E-state index is -0.954. The highest BCUT2D eigenvalue weighted by molar-refractivity contribution is 6.04. The van der Waals surface area contributed by atoms with Gasteiger partial charge in [0.15, 0.2) is 12.1 Å². The van der Waals surface area contributed by atoms with Crippen LogP contribution >= 0.6 is 0 Å². The number of carbonyl (C=O) groups excluding carboxylic acids is 3. The van der Waals surface area contributed by atoms with Crippen molar-refractivity contribution in [3.8, 4) is 0 Å². The molecule has 40 heavy (non-hydrogen) atoms. The van der Waals surface area contributed by atoms with E-state index in [1.54, 1.807) is 54.7 Å². The number of aromatic nitrogens is 1. The molecule has 1 aromatic heterocycles. The summed E-state index contributed by atoms with van der Waals surface area (Å²) in [7, 11) is 0. The third-order valence-electron chi connectivity index (χ3n) is 6.59. The van der Waals surface area contributed by atoms with E-state index in [4.69, 9.17) is 4.74 Å². The van der Waals surface area contributed by atoms with Crippen LogP contribution in [0.15, 0.2) is 97.3 Å². The topological polar surface area (TPSA) is 101 Å². The van der Waals surface area contributed by atoms with Gasteiger partial charge in [-0.05, 0) is 60.0 Å². The van der Waals surface area contributed by atoms with Crippen LogP contribution in [0.5, 0.6) is 0 Å². The average Bonchev–Trinajstić information content (AvgIpc) is 3.29. The molecule has 202 valence electrons. The number of nitrogens with one attached hydrogen (secondary N) is 2. The standard InChI is InChI=1S/C31H27FN4O4/c1-20-4-2-5-22(16-20)19-36-27(30(38)34-17-21-7-11-25(32)12-8-21)28(40-31(36)39)23-9-13-26(14-10-23)35-29(37)24-6-3-15-33-18-24/h2-16,18,27-28H,17,19H2,1H3,(H,34,38)(H,35,37). The first-order chi connectivity index (χ1) is 19.4. The molecule has 1 aliphatic rings. The summed E-state index contributed by atoms with van der Waals surface area (Å²) in [5, 5.41) is 5.67. The van der Waals surface area contributed by atoms with Gasteiger partial charge in [-0.1, -0.05) is 54.1 Å². The third-order valence-corrected chi connectivity index (χ3v) is 6.59. The number of ether oxygens (including phenoxy) is 1. The van der Waals surface area contributed by atoms with Gasteiger partial charge >= 0.3 is 6.09 Å². The molecule has 4 aromatic rings. The van der Waals surface area contributed by atoms with Crippen molar-refractivity contribution in [1.82, 2.24) is 15.2 Å².